The van der Waals surface area contributed by atoms with Gasteiger partial charge in [-0.15, -0.1) is 11.3 Å². The number of carbonyl (C=O) groups excluding carboxylic acids is 3. The molecule has 6 nitrogen and oxygen atoms in total. The van der Waals surface area contributed by atoms with Gasteiger partial charge in [0.2, 0.25) is 5.91 Å². The van der Waals surface area contributed by atoms with Gasteiger partial charge in [-0.1, -0.05) is 12.1 Å². The Morgan fingerprint density at radius 3 is 2.69 bits per heavy atom. The van der Waals surface area contributed by atoms with E-state index in [1.54, 1.807) is 6.07 Å². The van der Waals surface area contributed by atoms with Crippen molar-refractivity contribution in [1.82, 2.24) is 5.32 Å². The summed E-state index contributed by atoms with van der Waals surface area (Å²) in [5, 5.41) is 5.57. The van der Waals surface area contributed by atoms with Gasteiger partial charge in [-0.05, 0) is 49.6 Å². The van der Waals surface area contributed by atoms with Crippen LogP contribution in [-0.4, -0.2) is 24.4 Å². The molecule has 2 N–H and O–H groups in total. The van der Waals surface area contributed by atoms with Gasteiger partial charge in [0.1, 0.15) is 4.88 Å². The second-order valence-corrected chi connectivity index (χ2v) is 7.51. The van der Waals surface area contributed by atoms with Crippen LogP contribution in [0.4, 0.5) is 5.69 Å². The van der Waals surface area contributed by atoms with Crippen molar-refractivity contribution < 1.29 is 19.1 Å². The smallest absolute Gasteiger partial charge is 0.348 e. The van der Waals surface area contributed by atoms with Crippen LogP contribution in [0.2, 0.25) is 0 Å². The fraction of sp³-hybridized carbons (Fsp3) is 0.316. The molecule has 0 bridgehead atoms. The molecule has 1 aromatic heterocycles. The molecule has 0 aliphatic heterocycles. The van der Waals surface area contributed by atoms with Crippen LogP contribution in [0.5, 0.6) is 0 Å². The largest absolute Gasteiger partial charge is 0.451 e. The van der Waals surface area contributed by atoms with Crippen LogP contribution in [0.15, 0.2) is 36.4 Å². The number of thiophene rings is 1. The Kier molecular flexibility index (Phi) is 5.68. The predicted octanol–water partition coefficient (Wildman–Crippen LogP) is 2.88. The molecular formula is C19H20N2O4S. The number of esters is 1. The van der Waals surface area contributed by atoms with E-state index in [-0.39, 0.29) is 24.3 Å². The van der Waals surface area contributed by atoms with Crippen molar-refractivity contribution in [3.63, 3.8) is 0 Å². The zero-order valence-electron chi connectivity index (χ0n) is 14.4. The molecular weight excluding hydrogens is 352 g/mol. The number of aryl methyl sites for hydroxylation is 1. The SMILES string of the molecule is Cc1ccc(C(=O)OCC(=O)NCc2cccc(NC(=O)C3CC3)c2)s1. The number of hydrogen-bond donors (Lipinski definition) is 2. The van der Waals surface area contributed by atoms with Crippen molar-refractivity contribution in [2.45, 2.75) is 26.3 Å². The fourth-order valence-corrected chi connectivity index (χ4v) is 3.11. The Labute approximate surface area is 155 Å². The van der Waals surface area contributed by atoms with Gasteiger partial charge < -0.3 is 15.4 Å². The lowest BCUT2D eigenvalue weighted by Gasteiger charge is -2.09. The van der Waals surface area contributed by atoms with Crippen LogP contribution in [0.25, 0.3) is 0 Å². The first-order chi connectivity index (χ1) is 12.5. The molecule has 0 radical (unpaired) electrons. The highest BCUT2D eigenvalue weighted by Gasteiger charge is 2.29. The van der Waals surface area contributed by atoms with E-state index < -0.39 is 5.97 Å². The van der Waals surface area contributed by atoms with E-state index in [1.165, 1.54) is 11.3 Å². The Balaban J connectivity index is 1.43. The summed E-state index contributed by atoms with van der Waals surface area (Å²) in [5.74, 6) is -0.691. The quantitative estimate of drug-likeness (QED) is 0.732. The highest BCUT2D eigenvalue weighted by molar-refractivity contribution is 7.13. The number of anilines is 1. The summed E-state index contributed by atoms with van der Waals surface area (Å²) < 4.78 is 5.00. The number of benzene rings is 1. The van der Waals surface area contributed by atoms with Crippen molar-refractivity contribution in [2.75, 3.05) is 11.9 Å². The first-order valence-electron chi connectivity index (χ1n) is 8.41. The molecule has 3 rings (SSSR count). The van der Waals surface area contributed by atoms with E-state index in [0.29, 0.717) is 17.1 Å². The zero-order valence-corrected chi connectivity index (χ0v) is 15.2. The van der Waals surface area contributed by atoms with E-state index in [2.05, 4.69) is 10.6 Å². The van der Waals surface area contributed by atoms with Gasteiger partial charge in [-0.3, -0.25) is 9.59 Å². The highest BCUT2D eigenvalue weighted by atomic mass is 32.1. The maximum absolute atomic E-state index is 11.9. The average molecular weight is 372 g/mol. The molecule has 0 atom stereocenters. The first-order valence-corrected chi connectivity index (χ1v) is 9.23. The summed E-state index contributed by atoms with van der Waals surface area (Å²) in [7, 11) is 0. The van der Waals surface area contributed by atoms with E-state index in [9.17, 15) is 14.4 Å². The zero-order chi connectivity index (χ0) is 18.5. The lowest BCUT2D eigenvalue weighted by Crippen LogP contribution is -2.28. The van der Waals surface area contributed by atoms with E-state index in [1.807, 2.05) is 37.3 Å². The summed E-state index contributed by atoms with van der Waals surface area (Å²) in [6, 6.07) is 10.8. The number of hydrogen-bond acceptors (Lipinski definition) is 5. The van der Waals surface area contributed by atoms with Gasteiger partial charge in [0.25, 0.3) is 5.91 Å². The van der Waals surface area contributed by atoms with E-state index in [0.717, 1.165) is 23.3 Å². The molecule has 1 fully saturated rings. The molecule has 136 valence electrons. The maximum atomic E-state index is 11.9. The van der Waals surface area contributed by atoms with Crippen molar-refractivity contribution in [3.8, 4) is 0 Å². The van der Waals surface area contributed by atoms with Gasteiger partial charge in [0.05, 0.1) is 0 Å². The number of ether oxygens (including phenoxy) is 1. The van der Waals surface area contributed by atoms with Crippen LogP contribution in [0.3, 0.4) is 0 Å². The topological polar surface area (TPSA) is 84.5 Å². The molecule has 26 heavy (non-hydrogen) atoms. The molecule has 1 aliphatic carbocycles. The molecule has 2 amide bonds. The monoisotopic (exact) mass is 372 g/mol. The summed E-state index contributed by atoms with van der Waals surface area (Å²) >= 11 is 1.33. The third-order valence-corrected chi connectivity index (χ3v) is 4.89. The van der Waals surface area contributed by atoms with Crippen LogP contribution >= 0.6 is 11.3 Å². The van der Waals surface area contributed by atoms with Gasteiger partial charge in [-0.25, -0.2) is 4.79 Å². The van der Waals surface area contributed by atoms with Crippen LogP contribution in [0.1, 0.15) is 33.0 Å². The minimum atomic E-state index is -0.497. The third-order valence-electron chi connectivity index (χ3n) is 3.91. The first kappa shape index (κ1) is 18.1. The summed E-state index contributed by atoms with van der Waals surface area (Å²) in [6.45, 7) is 1.87. The second-order valence-electron chi connectivity index (χ2n) is 6.23. The lowest BCUT2D eigenvalue weighted by atomic mass is 10.2. The normalized spacial score (nSPS) is 13.1. The maximum Gasteiger partial charge on any atom is 0.348 e. The molecule has 7 heteroatoms. The Hall–Kier alpha value is -2.67. The molecule has 0 spiro atoms. The standard InChI is InChI=1S/C19H20N2O4S/c1-12-5-8-16(26-12)19(24)25-11-17(22)20-10-13-3-2-4-15(9-13)21-18(23)14-6-7-14/h2-5,8-9,14H,6-7,10-11H2,1H3,(H,20,22)(H,21,23). The van der Waals surface area contributed by atoms with Crippen LogP contribution < -0.4 is 10.6 Å². The molecule has 1 aromatic carbocycles. The van der Waals surface area contributed by atoms with Gasteiger partial charge in [0.15, 0.2) is 6.61 Å². The van der Waals surface area contributed by atoms with E-state index >= 15 is 0 Å². The molecule has 1 aliphatic rings. The minimum Gasteiger partial charge on any atom is -0.451 e. The number of nitrogens with one attached hydrogen (secondary N) is 2. The van der Waals surface area contributed by atoms with Crippen molar-refractivity contribution in [3.05, 3.63) is 51.7 Å². The van der Waals surface area contributed by atoms with Crippen molar-refractivity contribution in [1.29, 1.82) is 0 Å². The van der Waals surface area contributed by atoms with Gasteiger partial charge in [-0.2, -0.15) is 0 Å². The molecule has 0 unspecified atom stereocenters. The van der Waals surface area contributed by atoms with Crippen molar-refractivity contribution in [2.24, 2.45) is 5.92 Å². The number of rotatable bonds is 7. The molecule has 0 saturated heterocycles. The van der Waals surface area contributed by atoms with E-state index in [4.69, 9.17) is 4.74 Å². The predicted molar refractivity (Wildman–Crippen MR) is 99.0 cm³/mol. The number of amides is 2. The highest BCUT2D eigenvalue weighted by Crippen LogP contribution is 2.30. The fourth-order valence-electron chi connectivity index (χ4n) is 2.35. The Morgan fingerprint density at radius 1 is 1.19 bits per heavy atom. The summed E-state index contributed by atoms with van der Waals surface area (Å²) in [6.07, 6.45) is 1.90. The van der Waals surface area contributed by atoms with Gasteiger partial charge >= 0.3 is 5.97 Å². The Morgan fingerprint density at radius 2 is 2.00 bits per heavy atom. The minimum absolute atomic E-state index is 0.0434. The van der Waals surface area contributed by atoms with Gasteiger partial charge in [0, 0.05) is 23.0 Å². The molecule has 2 aromatic rings. The number of carbonyl (C=O) groups is 3. The third kappa shape index (κ3) is 5.16. The van der Waals surface area contributed by atoms with Crippen LogP contribution in [0, 0.1) is 12.8 Å². The summed E-state index contributed by atoms with van der Waals surface area (Å²) in [5.41, 5.74) is 1.57. The second kappa shape index (κ2) is 8.14. The van der Waals surface area contributed by atoms with Crippen molar-refractivity contribution >= 4 is 34.8 Å². The molecule has 1 heterocycles. The average Bonchev–Trinajstić information content (AvgIpc) is 3.39. The molecule has 1 saturated carbocycles. The lowest BCUT2D eigenvalue weighted by molar-refractivity contribution is -0.124. The Bertz CT molecular complexity index is 826. The summed E-state index contributed by atoms with van der Waals surface area (Å²) in [4.78, 5) is 37.0. The van der Waals surface area contributed by atoms with Crippen LogP contribution in [-0.2, 0) is 20.9 Å².